The first-order chi connectivity index (χ1) is 13.1. The number of benzene rings is 3. The summed E-state index contributed by atoms with van der Waals surface area (Å²) in [4.78, 5) is 0. The SMILES string of the molecule is CC.CC.CCc1ccc(C(C)(c2ccccc2)c2cccc(Cl)c2)cc1. The third kappa shape index (κ3) is 5.47. The van der Waals surface area contributed by atoms with Crippen LogP contribution in [0.4, 0.5) is 0 Å². The molecule has 1 unspecified atom stereocenters. The molecule has 1 heteroatoms. The molecule has 144 valence electrons. The lowest BCUT2D eigenvalue weighted by Gasteiger charge is -2.32. The summed E-state index contributed by atoms with van der Waals surface area (Å²) in [6.07, 6.45) is 1.06. The monoisotopic (exact) mass is 380 g/mol. The van der Waals surface area contributed by atoms with Gasteiger partial charge in [-0.15, -0.1) is 0 Å². The number of halogens is 1. The zero-order valence-electron chi connectivity index (χ0n) is 17.6. The molecular weight excluding hydrogens is 348 g/mol. The molecule has 0 aliphatic rings. The van der Waals surface area contributed by atoms with Crippen molar-refractivity contribution in [1.29, 1.82) is 0 Å². The maximum absolute atomic E-state index is 6.27. The second kappa shape index (κ2) is 11.6. The summed E-state index contributed by atoms with van der Waals surface area (Å²) in [5.41, 5.74) is 4.89. The normalized spacial score (nSPS) is 12.0. The Morgan fingerprint density at radius 3 is 1.70 bits per heavy atom. The van der Waals surface area contributed by atoms with Crippen LogP contribution in [0.5, 0.6) is 0 Å². The van der Waals surface area contributed by atoms with E-state index in [4.69, 9.17) is 11.6 Å². The van der Waals surface area contributed by atoms with Gasteiger partial charge < -0.3 is 0 Å². The van der Waals surface area contributed by atoms with Crippen molar-refractivity contribution in [2.75, 3.05) is 0 Å². The van der Waals surface area contributed by atoms with Crippen LogP contribution in [0.2, 0.25) is 5.02 Å². The molecule has 0 amide bonds. The van der Waals surface area contributed by atoms with Gasteiger partial charge in [-0.25, -0.2) is 0 Å². The molecule has 27 heavy (non-hydrogen) atoms. The van der Waals surface area contributed by atoms with Gasteiger partial charge in [-0.1, -0.05) is 113 Å². The van der Waals surface area contributed by atoms with Crippen LogP contribution >= 0.6 is 11.6 Å². The van der Waals surface area contributed by atoms with Crippen LogP contribution in [-0.4, -0.2) is 0 Å². The van der Waals surface area contributed by atoms with Crippen LogP contribution in [0.25, 0.3) is 0 Å². The molecule has 0 aliphatic carbocycles. The molecule has 0 N–H and O–H groups in total. The quantitative estimate of drug-likeness (QED) is 0.399. The van der Waals surface area contributed by atoms with E-state index >= 15 is 0 Å². The number of rotatable bonds is 4. The van der Waals surface area contributed by atoms with Gasteiger partial charge in [0.1, 0.15) is 0 Å². The average Bonchev–Trinajstić information content (AvgIpc) is 2.76. The van der Waals surface area contributed by atoms with Gasteiger partial charge >= 0.3 is 0 Å². The third-order valence-corrected chi connectivity index (χ3v) is 4.93. The molecule has 0 saturated carbocycles. The van der Waals surface area contributed by atoms with E-state index in [2.05, 4.69) is 80.6 Å². The molecule has 0 aliphatic heterocycles. The summed E-state index contributed by atoms with van der Waals surface area (Å²) in [6, 6.07) is 27.7. The van der Waals surface area contributed by atoms with Crippen molar-refractivity contribution in [3.8, 4) is 0 Å². The molecule has 0 bridgehead atoms. The Morgan fingerprint density at radius 2 is 1.19 bits per heavy atom. The molecule has 0 saturated heterocycles. The largest absolute Gasteiger partial charge is 0.0843 e. The fourth-order valence-electron chi connectivity index (χ4n) is 3.14. The summed E-state index contributed by atoms with van der Waals surface area (Å²) in [7, 11) is 0. The molecule has 0 heterocycles. The summed E-state index contributed by atoms with van der Waals surface area (Å²) in [5, 5.41) is 0.773. The lowest BCUT2D eigenvalue weighted by molar-refractivity contribution is 0.692. The standard InChI is InChI=1S/C22H21Cl.2C2H6/c1-3-17-12-14-19(15-13-17)22(2,18-8-5-4-6-9-18)20-10-7-11-21(23)16-20;2*1-2/h4-16H,3H2,1-2H3;2*1-2H3. The summed E-state index contributed by atoms with van der Waals surface area (Å²) in [6.45, 7) is 12.5. The number of hydrogen-bond acceptors (Lipinski definition) is 0. The molecule has 0 radical (unpaired) electrons. The highest BCUT2D eigenvalue weighted by Crippen LogP contribution is 2.39. The Balaban J connectivity index is 0.000000855. The molecule has 0 spiro atoms. The molecule has 0 aromatic heterocycles. The lowest BCUT2D eigenvalue weighted by atomic mass is 9.71. The highest BCUT2D eigenvalue weighted by molar-refractivity contribution is 6.30. The summed E-state index contributed by atoms with van der Waals surface area (Å²) in [5.74, 6) is 0. The highest BCUT2D eigenvalue weighted by Gasteiger charge is 2.31. The fourth-order valence-corrected chi connectivity index (χ4v) is 3.34. The van der Waals surface area contributed by atoms with Crippen molar-refractivity contribution in [3.05, 3.63) is 106 Å². The van der Waals surface area contributed by atoms with Gasteiger partial charge in [0.15, 0.2) is 0 Å². The van der Waals surface area contributed by atoms with Crippen LogP contribution in [0.3, 0.4) is 0 Å². The second-order valence-corrected chi connectivity index (χ2v) is 6.49. The van der Waals surface area contributed by atoms with Gasteiger partial charge in [0.05, 0.1) is 0 Å². The average molecular weight is 381 g/mol. The third-order valence-electron chi connectivity index (χ3n) is 4.69. The summed E-state index contributed by atoms with van der Waals surface area (Å²) >= 11 is 6.27. The Kier molecular flexibility index (Phi) is 9.89. The highest BCUT2D eigenvalue weighted by atomic mass is 35.5. The molecule has 3 aromatic carbocycles. The lowest BCUT2D eigenvalue weighted by Crippen LogP contribution is -2.25. The predicted octanol–water partition coefficient (Wildman–Crippen LogP) is 8.31. The van der Waals surface area contributed by atoms with Gasteiger partial charge in [0.25, 0.3) is 0 Å². The van der Waals surface area contributed by atoms with E-state index in [1.165, 1.54) is 22.3 Å². The minimum absolute atomic E-state index is 0.224. The van der Waals surface area contributed by atoms with E-state index in [1.54, 1.807) is 0 Å². The van der Waals surface area contributed by atoms with E-state index in [0.717, 1.165) is 11.4 Å². The zero-order valence-corrected chi connectivity index (χ0v) is 18.3. The van der Waals surface area contributed by atoms with Gasteiger partial charge in [0, 0.05) is 10.4 Å². The summed E-state index contributed by atoms with van der Waals surface area (Å²) < 4.78 is 0. The topological polar surface area (TPSA) is 0 Å². The van der Waals surface area contributed by atoms with Gasteiger partial charge in [-0.05, 0) is 47.7 Å². The van der Waals surface area contributed by atoms with Crippen molar-refractivity contribution in [1.82, 2.24) is 0 Å². The first-order valence-corrected chi connectivity index (χ1v) is 10.4. The van der Waals surface area contributed by atoms with Gasteiger partial charge in [0.2, 0.25) is 0 Å². The molecule has 0 fully saturated rings. The van der Waals surface area contributed by atoms with Crippen LogP contribution in [0.15, 0.2) is 78.9 Å². The van der Waals surface area contributed by atoms with Gasteiger partial charge in [-0.2, -0.15) is 0 Å². The second-order valence-electron chi connectivity index (χ2n) is 6.05. The van der Waals surface area contributed by atoms with E-state index in [0.29, 0.717) is 0 Å². The number of aryl methyl sites for hydroxylation is 1. The molecule has 3 rings (SSSR count). The minimum atomic E-state index is -0.224. The van der Waals surface area contributed by atoms with Crippen LogP contribution < -0.4 is 0 Å². The van der Waals surface area contributed by atoms with Crippen molar-refractivity contribution in [2.24, 2.45) is 0 Å². The Morgan fingerprint density at radius 1 is 0.667 bits per heavy atom. The van der Waals surface area contributed by atoms with E-state index in [9.17, 15) is 0 Å². The first-order valence-electron chi connectivity index (χ1n) is 10.1. The van der Waals surface area contributed by atoms with Crippen molar-refractivity contribution >= 4 is 11.6 Å². The smallest absolute Gasteiger partial charge is 0.0423 e. The Hall–Kier alpha value is -2.05. The molecule has 1 atom stereocenters. The Bertz CT molecular complexity index is 775. The fraction of sp³-hybridized carbons (Fsp3) is 0.308. The molecular formula is C26H33Cl. The van der Waals surface area contributed by atoms with Crippen LogP contribution in [0.1, 0.15) is 63.8 Å². The van der Waals surface area contributed by atoms with Crippen molar-refractivity contribution in [2.45, 2.75) is 53.4 Å². The van der Waals surface area contributed by atoms with E-state index in [1.807, 2.05) is 39.8 Å². The van der Waals surface area contributed by atoms with Gasteiger partial charge in [-0.3, -0.25) is 0 Å². The first kappa shape index (κ1) is 23.0. The predicted molar refractivity (Wildman–Crippen MR) is 122 cm³/mol. The minimum Gasteiger partial charge on any atom is -0.0843 e. The maximum Gasteiger partial charge on any atom is 0.0423 e. The van der Waals surface area contributed by atoms with Crippen molar-refractivity contribution < 1.29 is 0 Å². The number of hydrogen-bond donors (Lipinski definition) is 0. The van der Waals surface area contributed by atoms with Crippen molar-refractivity contribution in [3.63, 3.8) is 0 Å². The van der Waals surface area contributed by atoms with E-state index in [-0.39, 0.29) is 5.41 Å². The van der Waals surface area contributed by atoms with Crippen LogP contribution in [-0.2, 0) is 11.8 Å². The zero-order chi connectivity index (χ0) is 20.3. The molecule has 0 nitrogen and oxygen atoms in total. The maximum atomic E-state index is 6.27. The van der Waals surface area contributed by atoms with E-state index < -0.39 is 0 Å². The molecule has 3 aromatic rings. The van der Waals surface area contributed by atoms with Crippen LogP contribution in [0, 0.1) is 0 Å². The Labute approximate surface area is 171 Å².